The Bertz CT molecular complexity index is 3430. The second-order valence-corrected chi connectivity index (χ2v) is 16.5. The van der Waals surface area contributed by atoms with Crippen LogP contribution in [0.5, 0.6) is 0 Å². The molecular weight excluding hydrogens is 689 g/mol. The van der Waals surface area contributed by atoms with Gasteiger partial charge >= 0.3 is 0 Å². The predicted molar refractivity (Wildman–Crippen MR) is 239 cm³/mol. The van der Waals surface area contributed by atoms with E-state index >= 15 is 0 Å². The van der Waals surface area contributed by atoms with Gasteiger partial charge in [-0.3, -0.25) is 0 Å². The van der Waals surface area contributed by atoms with E-state index in [4.69, 9.17) is 0 Å². The van der Waals surface area contributed by atoms with Crippen molar-refractivity contribution in [2.45, 2.75) is 0 Å². The van der Waals surface area contributed by atoms with Crippen LogP contribution in [0, 0.1) is 0 Å². The SMILES string of the molecule is c1ccc(-c2c3ccccc3c(-c3ccc4c(c3)sc3cc(-c5ccc6sc7c8ccccc8c8ccccc8c7c6c5)ccc34)c3ccccc23)cc1. The standard InChI is InChI=1S/C52H30S2/c1-2-12-31(13-3-1)49-40-17-7-9-19-42(40)50(43-20-10-8-18-41(43)49)34-23-26-38-37-25-22-33(29-47(37)53-48(38)30-34)32-24-27-46-45(28-32)51-39-16-6-4-14-35(39)36-15-5-11-21-44(36)52(51)54-46/h1-30H. The number of fused-ring (bicyclic) bond motifs is 13. The summed E-state index contributed by atoms with van der Waals surface area (Å²) in [4.78, 5) is 0. The highest BCUT2D eigenvalue weighted by molar-refractivity contribution is 7.27. The predicted octanol–water partition coefficient (Wildman–Crippen LogP) is 16.0. The first-order chi connectivity index (χ1) is 26.8. The van der Waals surface area contributed by atoms with Gasteiger partial charge in [0.15, 0.2) is 0 Å². The lowest BCUT2D eigenvalue weighted by Crippen LogP contribution is -1.90. The van der Waals surface area contributed by atoms with Crippen molar-refractivity contribution in [3.63, 3.8) is 0 Å². The van der Waals surface area contributed by atoms with Crippen molar-refractivity contribution in [1.29, 1.82) is 0 Å². The van der Waals surface area contributed by atoms with Crippen molar-refractivity contribution in [3.8, 4) is 33.4 Å². The van der Waals surface area contributed by atoms with Gasteiger partial charge in [0, 0.05) is 45.7 Å². The summed E-state index contributed by atoms with van der Waals surface area (Å²) in [6.45, 7) is 0. The van der Waals surface area contributed by atoms with Gasteiger partial charge in [-0.1, -0.05) is 158 Å². The lowest BCUT2D eigenvalue weighted by molar-refractivity contribution is 1.66. The molecule has 10 aromatic carbocycles. The maximum Gasteiger partial charge on any atom is 0.0440 e. The minimum atomic E-state index is 1.25. The van der Waals surface area contributed by atoms with Crippen LogP contribution in [0.15, 0.2) is 182 Å². The van der Waals surface area contributed by atoms with Crippen molar-refractivity contribution in [1.82, 2.24) is 0 Å². The second kappa shape index (κ2) is 11.6. The first kappa shape index (κ1) is 30.2. The maximum absolute atomic E-state index is 2.43. The average molecular weight is 719 g/mol. The molecule has 250 valence electrons. The third-order valence-corrected chi connectivity index (χ3v) is 13.8. The van der Waals surface area contributed by atoms with Gasteiger partial charge in [-0.2, -0.15) is 0 Å². The molecule has 0 N–H and O–H groups in total. The van der Waals surface area contributed by atoms with Crippen molar-refractivity contribution in [2.24, 2.45) is 0 Å². The molecule has 2 aromatic heterocycles. The molecule has 0 nitrogen and oxygen atoms in total. The fourth-order valence-corrected chi connectivity index (χ4v) is 11.5. The largest absolute Gasteiger partial charge is 0.135 e. The first-order valence-corrected chi connectivity index (χ1v) is 20.1. The highest BCUT2D eigenvalue weighted by atomic mass is 32.1. The van der Waals surface area contributed by atoms with E-state index in [0.29, 0.717) is 0 Å². The molecule has 0 radical (unpaired) electrons. The van der Waals surface area contributed by atoms with Gasteiger partial charge in [0.1, 0.15) is 0 Å². The van der Waals surface area contributed by atoms with Crippen LogP contribution in [-0.4, -0.2) is 0 Å². The summed E-state index contributed by atoms with van der Waals surface area (Å²) in [5.74, 6) is 0. The van der Waals surface area contributed by atoms with E-state index in [9.17, 15) is 0 Å². The van der Waals surface area contributed by atoms with Crippen molar-refractivity contribution in [2.75, 3.05) is 0 Å². The van der Waals surface area contributed by atoms with E-state index in [-0.39, 0.29) is 0 Å². The lowest BCUT2D eigenvalue weighted by atomic mass is 9.86. The first-order valence-electron chi connectivity index (χ1n) is 18.5. The quantitative estimate of drug-likeness (QED) is 0.126. The van der Waals surface area contributed by atoms with Gasteiger partial charge in [-0.15, -0.1) is 22.7 Å². The molecule has 0 aliphatic carbocycles. The Morgan fingerprint density at radius 2 is 0.704 bits per heavy atom. The van der Waals surface area contributed by atoms with Crippen LogP contribution in [0.3, 0.4) is 0 Å². The molecular formula is C52H30S2. The van der Waals surface area contributed by atoms with Crippen LogP contribution in [0.1, 0.15) is 0 Å². The van der Waals surface area contributed by atoms with Gasteiger partial charge in [0.2, 0.25) is 0 Å². The number of hydrogen-bond donors (Lipinski definition) is 0. The van der Waals surface area contributed by atoms with Crippen molar-refractivity contribution < 1.29 is 0 Å². The molecule has 0 fully saturated rings. The van der Waals surface area contributed by atoms with E-state index in [1.54, 1.807) is 0 Å². The zero-order valence-corrected chi connectivity index (χ0v) is 30.8. The molecule has 0 bridgehead atoms. The fraction of sp³-hybridized carbons (Fsp3) is 0. The lowest BCUT2D eigenvalue weighted by Gasteiger charge is -2.17. The molecule has 0 aliphatic heterocycles. The Labute approximate surface area is 319 Å². The highest BCUT2D eigenvalue weighted by Crippen LogP contribution is 2.47. The van der Waals surface area contributed by atoms with Gasteiger partial charge in [-0.05, 0) is 95.3 Å². The molecule has 0 amide bonds. The summed E-state index contributed by atoms with van der Waals surface area (Å²) in [6, 6.07) is 67.7. The number of rotatable bonds is 3. The van der Waals surface area contributed by atoms with Crippen LogP contribution in [0.25, 0.3) is 117 Å². The molecule has 12 aromatic rings. The topological polar surface area (TPSA) is 0 Å². The summed E-state index contributed by atoms with van der Waals surface area (Å²) in [6.07, 6.45) is 0. The Kier molecular flexibility index (Phi) is 6.48. The monoisotopic (exact) mass is 718 g/mol. The van der Waals surface area contributed by atoms with E-state index in [1.165, 1.54) is 117 Å². The molecule has 0 saturated heterocycles. The molecule has 2 heterocycles. The van der Waals surface area contributed by atoms with Crippen molar-refractivity contribution in [3.05, 3.63) is 182 Å². The smallest absolute Gasteiger partial charge is 0.0440 e. The normalized spacial score (nSPS) is 12.1. The molecule has 0 atom stereocenters. The minimum Gasteiger partial charge on any atom is -0.135 e. The van der Waals surface area contributed by atoms with E-state index < -0.39 is 0 Å². The molecule has 0 aliphatic rings. The Morgan fingerprint density at radius 3 is 1.35 bits per heavy atom. The molecule has 0 saturated carbocycles. The summed E-state index contributed by atoms with van der Waals surface area (Å²) in [5.41, 5.74) is 7.63. The summed E-state index contributed by atoms with van der Waals surface area (Å²) >= 11 is 3.82. The van der Waals surface area contributed by atoms with Crippen LogP contribution in [0.2, 0.25) is 0 Å². The van der Waals surface area contributed by atoms with Crippen LogP contribution >= 0.6 is 22.7 Å². The molecule has 54 heavy (non-hydrogen) atoms. The molecule has 0 spiro atoms. The zero-order valence-electron chi connectivity index (χ0n) is 29.1. The van der Waals surface area contributed by atoms with Crippen LogP contribution in [0.4, 0.5) is 0 Å². The second-order valence-electron chi connectivity index (χ2n) is 14.3. The fourth-order valence-electron chi connectivity index (χ4n) is 9.05. The maximum atomic E-state index is 2.43. The number of benzene rings is 10. The van der Waals surface area contributed by atoms with E-state index in [2.05, 4.69) is 182 Å². The van der Waals surface area contributed by atoms with Crippen LogP contribution < -0.4 is 0 Å². The van der Waals surface area contributed by atoms with Gasteiger partial charge in [0.25, 0.3) is 0 Å². The summed E-state index contributed by atoms with van der Waals surface area (Å²) in [7, 11) is 0. The Balaban J connectivity index is 1.02. The summed E-state index contributed by atoms with van der Waals surface area (Å²) < 4.78 is 5.35. The minimum absolute atomic E-state index is 1.25. The third kappa shape index (κ3) is 4.36. The molecule has 12 rings (SSSR count). The van der Waals surface area contributed by atoms with Gasteiger partial charge < -0.3 is 0 Å². The highest BCUT2D eigenvalue weighted by Gasteiger charge is 2.18. The zero-order chi connectivity index (χ0) is 35.3. The number of thiophene rings is 2. The Hall–Kier alpha value is -6.32. The van der Waals surface area contributed by atoms with E-state index in [0.717, 1.165) is 0 Å². The van der Waals surface area contributed by atoms with Gasteiger partial charge in [-0.25, -0.2) is 0 Å². The molecule has 2 heteroatoms. The summed E-state index contributed by atoms with van der Waals surface area (Å²) in [5, 5.41) is 15.8. The Morgan fingerprint density at radius 1 is 0.241 bits per heavy atom. The number of hydrogen-bond acceptors (Lipinski definition) is 2. The molecule has 0 unspecified atom stereocenters. The third-order valence-electron chi connectivity index (χ3n) is 11.4. The van der Waals surface area contributed by atoms with Crippen molar-refractivity contribution >= 4 is 106 Å². The van der Waals surface area contributed by atoms with E-state index in [1.807, 2.05) is 22.7 Å². The average Bonchev–Trinajstić information content (AvgIpc) is 3.81. The van der Waals surface area contributed by atoms with Crippen LogP contribution in [-0.2, 0) is 0 Å². The van der Waals surface area contributed by atoms with Gasteiger partial charge in [0.05, 0.1) is 0 Å².